The van der Waals surface area contributed by atoms with E-state index in [1.807, 2.05) is 0 Å². The van der Waals surface area contributed by atoms with E-state index in [9.17, 15) is 18.0 Å². The number of carbonyl (C=O) groups is 1. The van der Waals surface area contributed by atoms with E-state index in [0.717, 1.165) is 25.9 Å². The third-order valence-corrected chi connectivity index (χ3v) is 4.53. The molecule has 0 aromatic heterocycles. The third kappa shape index (κ3) is 4.32. The van der Waals surface area contributed by atoms with Crippen molar-refractivity contribution in [1.82, 2.24) is 15.1 Å². The Morgan fingerprint density at radius 3 is 2.43 bits per heavy atom. The Labute approximate surface area is 123 Å². The summed E-state index contributed by atoms with van der Waals surface area (Å²) in [4.78, 5) is 15.1. The number of alkyl halides is 3. The lowest BCUT2D eigenvalue weighted by Crippen LogP contribution is -2.61. The number of piperidine rings is 1. The zero-order chi connectivity index (χ0) is 15.6. The van der Waals surface area contributed by atoms with E-state index < -0.39 is 12.2 Å². The molecule has 0 radical (unpaired) electrons. The number of rotatable bonds is 3. The van der Waals surface area contributed by atoms with Crippen molar-refractivity contribution in [2.75, 3.05) is 32.7 Å². The molecule has 0 spiro atoms. The topological polar surface area (TPSA) is 35.6 Å². The van der Waals surface area contributed by atoms with Gasteiger partial charge in [0.1, 0.15) is 6.04 Å². The van der Waals surface area contributed by atoms with Crippen LogP contribution < -0.4 is 5.32 Å². The van der Waals surface area contributed by atoms with Crippen molar-refractivity contribution >= 4 is 5.91 Å². The summed E-state index contributed by atoms with van der Waals surface area (Å²) in [6.07, 6.45) is -2.48. The van der Waals surface area contributed by atoms with E-state index in [-0.39, 0.29) is 24.9 Å². The van der Waals surface area contributed by atoms with E-state index in [0.29, 0.717) is 12.6 Å². The molecule has 21 heavy (non-hydrogen) atoms. The minimum absolute atomic E-state index is 0.144. The van der Waals surface area contributed by atoms with Crippen molar-refractivity contribution < 1.29 is 18.0 Å². The highest BCUT2D eigenvalue weighted by atomic mass is 19.4. The molecule has 1 atom stereocenters. The standard InChI is InChI=1S/C14H24F3N3O/c1-10(2)19-5-3-11(4-6-19)8-20-9-13(21)18-7-12(20)14(15,16)17/h10-12H,3-9H2,1-2H3,(H,18,21). The van der Waals surface area contributed by atoms with Gasteiger partial charge in [0, 0.05) is 19.1 Å². The molecule has 2 rings (SSSR count). The lowest BCUT2D eigenvalue weighted by molar-refractivity contribution is -0.190. The number of hydrogen-bond acceptors (Lipinski definition) is 3. The molecule has 2 aliphatic heterocycles. The van der Waals surface area contributed by atoms with Crippen LogP contribution in [0.1, 0.15) is 26.7 Å². The summed E-state index contributed by atoms with van der Waals surface area (Å²) in [5, 5.41) is 2.32. The molecular formula is C14H24F3N3O. The van der Waals surface area contributed by atoms with Crippen molar-refractivity contribution in [3.63, 3.8) is 0 Å². The quantitative estimate of drug-likeness (QED) is 0.858. The van der Waals surface area contributed by atoms with Gasteiger partial charge >= 0.3 is 6.18 Å². The molecule has 2 heterocycles. The lowest BCUT2D eigenvalue weighted by atomic mass is 9.94. The van der Waals surface area contributed by atoms with Gasteiger partial charge in [0.2, 0.25) is 5.91 Å². The van der Waals surface area contributed by atoms with Gasteiger partial charge in [-0.05, 0) is 45.7 Å². The number of amides is 1. The van der Waals surface area contributed by atoms with Crippen LogP contribution in [-0.2, 0) is 4.79 Å². The molecule has 1 amide bonds. The second kappa shape index (κ2) is 6.52. The molecule has 0 aromatic carbocycles. The fourth-order valence-corrected chi connectivity index (χ4v) is 3.19. The Hall–Kier alpha value is -0.820. The van der Waals surface area contributed by atoms with Crippen LogP contribution in [0.3, 0.4) is 0 Å². The molecule has 0 bridgehead atoms. The first-order chi connectivity index (χ1) is 9.77. The highest BCUT2D eigenvalue weighted by molar-refractivity contribution is 5.78. The van der Waals surface area contributed by atoms with Crippen LogP contribution in [0.15, 0.2) is 0 Å². The second-order valence-electron chi connectivity index (χ2n) is 6.36. The van der Waals surface area contributed by atoms with Gasteiger partial charge in [-0.1, -0.05) is 0 Å². The molecule has 4 nitrogen and oxygen atoms in total. The Balaban J connectivity index is 1.92. The van der Waals surface area contributed by atoms with Crippen LogP contribution >= 0.6 is 0 Å². The fourth-order valence-electron chi connectivity index (χ4n) is 3.19. The van der Waals surface area contributed by atoms with Gasteiger partial charge in [-0.25, -0.2) is 0 Å². The van der Waals surface area contributed by atoms with Crippen LogP contribution in [0, 0.1) is 5.92 Å². The van der Waals surface area contributed by atoms with Gasteiger partial charge < -0.3 is 10.2 Å². The largest absolute Gasteiger partial charge is 0.405 e. The van der Waals surface area contributed by atoms with E-state index in [1.165, 1.54) is 4.90 Å². The molecule has 0 aromatic rings. The Morgan fingerprint density at radius 1 is 1.29 bits per heavy atom. The van der Waals surface area contributed by atoms with Crippen LogP contribution in [0.2, 0.25) is 0 Å². The number of hydrogen-bond donors (Lipinski definition) is 1. The maximum absolute atomic E-state index is 13.0. The predicted octanol–water partition coefficient (Wildman–Crippen LogP) is 1.47. The third-order valence-electron chi connectivity index (χ3n) is 4.53. The van der Waals surface area contributed by atoms with Gasteiger partial charge in [-0.2, -0.15) is 13.2 Å². The van der Waals surface area contributed by atoms with E-state index in [1.54, 1.807) is 0 Å². The molecule has 1 N–H and O–H groups in total. The van der Waals surface area contributed by atoms with Crippen molar-refractivity contribution in [3.8, 4) is 0 Å². The Morgan fingerprint density at radius 2 is 1.90 bits per heavy atom. The Kier molecular flexibility index (Phi) is 5.14. The first-order valence-corrected chi connectivity index (χ1v) is 7.59. The number of piperazine rings is 1. The van der Waals surface area contributed by atoms with Gasteiger partial charge in [0.25, 0.3) is 0 Å². The average molecular weight is 307 g/mol. The normalized spacial score (nSPS) is 27.1. The monoisotopic (exact) mass is 307 g/mol. The Bertz CT molecular complexity index is 365. The van der Waals surface area contributed by atoms with Crippen LogP contribution in [0.25, 0.3) is 0 Å². The number of halogens is 3. The van der Waals surface area contributed by atoms with Crippen molar-refractivity contribution in [1.29, 1.82) is 0 Å². The summed E-state index contributed by atoms with van der Waals surface area (Å²) < 4.78 is 39.1. The second-order valence-corrected chi connectivity index (χ2v) is 6.36. The minimum atomic E-state index is -4.29. The average Bonchev–Trinajstić information content (AvgIpc) is 2.38. The maximum Gasteiger partial charge on any atom is 0.405 e. The molecule has 2 aliphatic rings. The number of likely N-dealkylation sites (tertiary alicyclic amines) is 1. The summed E-state index contributed by atoms with van der Waals surface area (Å²) in [5.74, 6) is -0.0640. The zero-order valence-corrected chi connectivity index (χ0v) is 12.6. The smallest absolute Gasteiger partial charge is 0.353 e. The van der Waals surface area contributed by atoms with Gasteiger partial charge in [-0.3, -0.25) is 9.69 Å². The lowest BCUT2D eigenvalue weighted by Gasteiger charge is -2.41. The highest BCUT2D eigenvalue weighted by Gasteiger charge is 2.46. The molecule has 122 valence electrons. The summed E-state index contributed by atoms with van der Waals surface area (Å²) in [7, 11) is 0. The van der Waals surface area contributed by atoms with E-state index in [4.69, 9.17) is 0 Å². The highest BCUT2D eigenvalue weighted by Crippen LogP contribution is 2.28. The van der Waals surface area contributed by atoms with E-state index >= 15 is 0 Å². The van der Waals surface area contributed by atoms with E-state index in [2.05, 4.69) is 24.1 Å². The number of nitrogens with one attached hydrogen (secondary N) is 1. The molecule has 0 saturated carbocycles. The van der Waals surface area contributed by atoms with Crippen molar-refractivity contribution in [3.05, 3.63) is 0 Å². The molecular weight excluding hydrogens is 283 g/mol. The van der Waals surface area contributed by atoms with Crippen LogP contribution in [0.4, 0.5) is 13.2 Å². The first kappa shape index (κ1) is 16.5. The van der Waals surface area contributed by atoms with Gasteiger partial charge in [0.15, 0.2) is 0 Å². The minimum Gasteiger partial charge on any atom is -0.353 e. The van der Waals surface area contributed by atoms with Crippen LogP contribution in [-0.4, -0.2) is 66.7 Å². The summed E-state index contributed by atoms with van der Waals surface area (Å²) >= 11 is 0. The van der Waals surface area contributed by atoms with Gasteiger partial charge in [-0.15, -0.1) is 0 Å². The summed E-state index contributed by atoms with van der Waals surface area (Å²) in [5.41, 5.74) is 0. The molecule has 2 fully saturated rings. The summed E-state index contributed by atoms with van der Waals surface area (Å²) in [6.45, 7) is 6.02. The predicted molar refractivity (Wildman–Crippen MR) is 73.9 cm³/mol. The van der Waals surface area contributed by atoms with Crippen molar-refractivity contribution in [2.45, 2.75) is 44.9 Å². The van der Waals surface area contributed by atoms with Crippen molar-refractivity contribution in [2.24, 2.45) is 5.92 Å². The number of nitrogens with zero attached hydrogens (tertiary/aromatic N) is 2. The first-order valence-electron chi connectivity index (χ1n) is 7.59. The molecule has 1 unspecified atom stereocenters. The molecule has 0 aliphatic carbocycles. The zero-order valence-electron chi connectivity index (χ0n) is 12.6. The molecule has 7 heteroatoms. The van der Waals surface area contributed by atoms with Crippen LogP contribution in [0.5, 0.6) is 0 Å². The van der Waals surface area contributed by atoms with Gasteiger partial charge in [0.05, 0.1) is 6.54 Å². The molecule has 2 saturated heterocycles. The summed E-state index contributed by atoms with van der Waals surface area (Å²) in [6, 6.07) is -1.06. The fraction of sp³-hybridized carbons (Fsp3) is 0.929. The SMILES string of the molecule is CC(C)N1CCC(CN2CC(=O)NCC2C(F)(F)F)CC1. The maximum atomic E-state index is 13.0. The number of carbonyl (C=O) groups excluding carboxylic acids is 1.